The summed E-state index contributed by atoms with van der Waals surface area (Å²) in [5.41, 5.74) is 0.381. The molecule has 0 bridgehead atoms. The highest BCUT2D eigenvalue weighted by atomic mass is 32.2. The molecule has 8 heteroatoms. The van der Waals surface area contributed by atoms with Gasteiger partial charge in [0.2, 0.25) is 10.0 Å². The number of amides is 1. The maximum Gasteiger partial charge on any atom is 0.308 e. The third-order valence-corrected chi connectivity index (χ3v) is 7.30. The predicted molar refractivity (Wildman–Crippen MR) is 99.9 cm³/mol. The van der Waals surface area contributed by atoms with Gasteiger partial charge in [-0.15, -0.1) is 0 Å². The number of carboxylic acid groups (broad SMARTS) is 1. The number of nitrogens with zero attached hydrogens (tertiary/aromatic N) is 2. The molecule has 7 nitrogen and oxygen atoms in total. The van der Waals surface area contributed by atoms with Crippen LogP contribution >= 0.6 is 0 Å². The third kappa shape index (κ3) is 4.32. The molecule has 0 spiro atoms. The Hall–Kier alpha value is -1.93. The smallest absolute Gasteiger partial charge is 0.308 e. The highest BCUT2D eigenvalue weighted by molar-refractivity contribution is 7.89. The molecule has 2 unspecified atom stereocenters. The number of carbonyl (C=O) groups excluding carboxylic acids is 1. The van der Waals surface area contributed by atoms with Crippen LogP contribution in [0.15, 0.2) is 29.2 Å². The fraction of sp³-hybridized carbons (Fsp3) is 0.579. The number of hydrogen-bond donors (Lipinski definition) is 1. The highest BCUT2D eigenvalue weighted by Gasteiger charge is 2.30. The van der Waals surface area contributed by atoms with Crippen LogP contribution < -0.4 is 0 Å². The molecule has 2 aliphatic heterocycles. The van der Waals surface area contributed by atoms with Crippen molar-refractivity contribution in [3.63, 3.8) is 0 Å². The van der Waals surface area contributed by atoms with Gasteiger partial charge in [-0.05, 0) is 55.9 Å². The number of hydrogen-bond acceptors (Lipinski definition) is 4. The van der Waals surface area contributed by atoms with E-state index in [1.54, 1.807) is 0 Å². The summed E-state index contributed by atoms with van der Waals surface area (Å²) in [6.07, 6.45) is 3.12. The average molecular weight is 394 g/mol. The molecule has 2 fully saturated rings. The summed E-state index contributed by atoms with van der Waals surface area (Å²) < 4.78 is 27.1. The Morgan fingerprint density at radius 2 is 1.70 bits per heavy atom. The topological polar surface area (TPSA) is 95.0 Å². The van der Waals surface area contributed by atoms with Crippen molar-refractivity contribution in [3.05, 3.63) is 29.8 Å². The van der Waals surface area contributed by atoms with Gasteiger partial charge in [0.05, 0.1) is 10.8 Å². The Morgan fingerprint density at radius 3 is 2.33 bits per heavy atom. The van der Waals surface area contributed by atoms with E-state index in [-0.39, 0.29) is 17.3 Å². The van der Waals surface area contributed by atoms with Crippen molar-refractivity contribution in [2.75, 3.05) is 26.2 Å². The Morgan fingerprint density at radius 1 is 1.04 bits per heavy atom. The Bertz CT molecular complexity index is 806. The summed E-state index contributed by atoms with van der Waals surface area (Å²) in [6.45, 7) is 3.81. The lowest BCUT2D eigenvalue weighted by Crippen LogP contribution is -2.42. The van der Waals surface area contributed by atoms with Gasteiger partial charge in [0.1, 0.15) is 0 Å². The SMILES string of the molecule is CC1CCCN(S(=O)(=O)c2ccc(C(=O)N3CCCC(C(=O)O)C3)cc2)C1. The second-order valence-corrected chi connectivity index (χ2v) is 9.50. The van der Waals surface area contributed by atoms with E-state index in [1.165, 1.54) is 33.5 Å². The van der Waals surface area contributed by atoms with Gasteiger partial charge < -0.3 is 10.0 Å². The van der Waals surface area contributed by atoms with E-state index in [0.29, 0.717) is 44.0 Å². The fourth-order valence-electron chi connectivity index (χ4n) is 3.83. The molecule has 2 heterocycles. The number of sulfonamides is 1. The van der Waals surface area contributed by atoms with Gasteiger partial charge in [-0.2, -0.15) is 4.31 Å². The van der Waals surface area contributed by atoms with E-state index in [9.17, 15) is 18.0 Å². The maximum atomic E-state index is 12.8. The summed E-state index contributed by atoms with van der Waals surface area (Å²) in [6, 6.07) is 5.99. The number of likely N-dealkylation sites (tertiary alicyclic amines) is 1. The van der Waals surface area contributed by atoms with Crippen molar-refractivity contribution in [1.29, 1.82) is 0 Å². The van der Waals surface area contributed by atoms with Crippen LogP contribution in [0, 0.1) is 11.8 Å². The van der Waals surface area contributed by atoms with Crippen molar-refractivity contribution in [2.24, 2.45) is 11.8 Å². The fourth-order valence-corrected chi connectivity index (χ4v) is 5.43. The first-order valence-corrected chi connectivity index (χ1v) is 10.9. The van der Waals surface area contributed by atoms with Gasteiger partial charge >= 0.3 is 5.97 Å². The lowest BCUT2D eigenvalue weighted by atomic mass is 9.97. The van der Waals surface area contributed by atoms with E-state index >= 15 is 0 Å². The minimum absolute atomic E-state index is 0.190. The molecule has 1 amide bonds. The van der Waals surface area contributed by atoms with Crippen LogP contribution in [-0.2, 0) is 14.8 Å². The molecule has 1 N–H and O–H groups in total. The molecule has 2 aliphatic rings. The lowest BCUT2D eigenvalue weighted by Gasteiger charge is -2.31. The number of carboxylic acids is 1. The largest absolute Gasteiger partial charge is 0.481 e. The molecule has 1 aromatic carbocycles. The molecule has 0 saturated carbocycles. The van der Waals surface area contributed by atoms with Crippen molar-refractivity contribution < 1.29 is 23.1 Å². The molecular formula is C19H26N2O5S. The molecule has 3 rings (SSSR count). The minimum atomic E-state index is -3.55. The number of benzene rings is 1. The normalized spacial score (nSPS) is 24.6. The van der Waals surface area contributed by atoms with E-state index in [0.717, 1.165) is 12.8 Å². The molecule has 0 radical (unpaired) electrons. The number of carbonyl (C=O) groups is 2. The molecule has 2 atom stereocenters. The summed E-state index contributed by atoms with van der Waals surface area (Å²) in [5.74, 6) is -1.33. The van der Waals surface area contributed by atoms with Crippen LogP contribution in [0.25, 0.3) is 0 Å². The van der Waals surface area contributed by atoms with Crippen LogP contribution in [-0.4, -0.2) is 60.8 Å². The van der Waals surface area contributed by atoms with E-state index in [4.69, 9.17) is 5.11 Å². The molecule has 27 heavy (non-hydrogen) atoms. The summed E-state index contributed by atoms with van der Waals surface area (Å²) >= 11 is 0. The van der Waals surface area contributed by atoms with Gasteiger partial charge in [-0.25, -0.2) is 8.42 Å². The molecular weight excluding hydrogens is 368 g/mol. The quantitative estimate of drug-likeness (QED) is 0.843. The molecule has 1 aromatic rings. The first kappa shape index (κ1) is 19.8. The van der Waals surface area contributed by atoms with E-state index in [2.05, 4.69) is 0 Å². The van der Waals surface area contributed by atoms with E-state index < -0.39 is 21.9 Å². The minimum Gasteiger partial charge on any atom is -0.481 e. The van der Waals surface area contributed by atoms with Gasteiger partial charge in [0, 0.05) is 31.7 Å². The van der Waals surface area contributed by atoms with Crippen LogP contribution in [0.2, 0.25) is 0 Å². The molecule has 0 aliphatic carbocycles. The molecule has 2 saturated heterocycles. The number of aliphatic carboxylic acids is 1. The predicted octanol–water partition coefficient (Wildman–Crippen LogP) is 2.04. The number of piperidine rings is 2. The maximum absolute atomic E-state index is 12.8. The summed E-state index contributed by atoms with van der Waals surface area (Å²) in [4.78, 5) is 25.6. The standard InChI is InChI=1S/C19H26N2O5S/c1-14-4-2-11-21(12-14)27(25,26)17-8-6-15(7-9-17)18(22)20-10-3-5-16(13-20)19(23)24/h6-9,14,16H,2-5,10-13H2,1H3,(H,23,24). The van der Waals surface area contributed by atoms with Crippen LogP contribution in [0.1, 0.15) is 43.0 Å². The third-order valence-electron chi connectivity index (χ3n) is 5.42. The zero-order chi connectivity index (χ0) is 19.6. The zero-order valence-electron chi connectivity index (χ0n) is 15.5. The van der Waals surface area contributed by atoms with Crippen molar-refractivity contribution in [2.45, 2.75) is 37.5 Å². The van der Waals surface area contributed by atoms with Crippen molar-refractivity contribution in [3.8, 4) is 0 Å². The summed E-state index contributed by atoms with van der Waals surface area (Å²) in [5, 5.41) is 9.17. The van der Waals surface area contributed by atoms with Gasteiger partial charge in [0.15, 0.2) is 0 Å². The van der Waals surface area contributed by atoms with Gasteiger partial charge in [0.25, 0.3) is 5.91 Å². The summed E-state index contributed by atoms with van der Waals surface area (Å²) in [7, 11) is -3.55. The first-order valence-electron chi connectivity index (χ1n) is 9.41. The van der Waals surface area contributed by atoms with Gasteiger partial charge in [-0.1, -0.05) is 6.92 Å². The van der Waals surface area contributed by atoms with E-state index in [1.807, 2.05) is 6.92 Å². The Labute approximate surface area is 160 Å². The Balaban J connectivity index is 1.73. The lowest BCUT2D eigenvalue weighted by molar-refractivity contribution is -0.143. The van der Waals surface area contributed by atoms with Crippen LogP contribution in [0.4, 0.5) is 0 Å². The first-order chi connectivity index (χ1) is 12.8. The van der Waals surface area contributed by atoms with Crippen LogP contribution in [0.3, 0.4) is 0 Å². The average Bonchev–Trinajstić information content (AvgIpc) is 2.67. The molecule has 0 aromatic heterocycles. The molecule has 148 valence electrons. The highest BCUT2D eigenvalue weighted by Crippen LogP contribution is 2.24. The van der Waals surface area contributed by atoms with Crippen molar-refractivity contribution in [1.82, 2.24) is 9.21 Å². The second-order valence-electron chi connectivity index (χ2n) is 7.56. The second kappa shape index (κ2) is 7.98. The monoisotopic (exact) mass is 394 g/mol. The number of rotatable bonds is 4. The zero-order valence-corrected chi connectivity index (χ0v) is 16.3. The van der Waals surface area contributed by atoms with Gasteiger partial charge in [-0.3, -0.25) is 9.59 Å². The van der Waals surface area contributed by atoms with Crippen LogP contribution in [0.5, 0.6) is 0 Å². The Kier molecular flexibility index (Phi) is 5.86. The van der Waals surface area contributed by atoms with Crippen molar-refractivity contribution >= 4 is 21.9 Å².